The highest BCUT2D eigenvalue weighted by atomic mass is 31.2. The summed E-state index contributed by atoms with van der Waals surface area (Å²) in [5.41, 5.74) is 0. The first kappa shape index (κ1) is 62.4. The van der Waals surface area contributed by atoms with Gasteiger partial charge in [-0.1, -0.05) is 174 Å². The Hall–Kier alpha value is -3.59. The molecule has 0 fully saturated rings. The van der Waals surface area contributed by atoms with Gasteiger partial charge in [-0.05, 0) is 103 Å². The molecule has 0 aliphatic carbocycles. The van der Waals surface area contributed by atoms with E-state index in [0.29, 0.717) is 23.9 Å². The third kappa shape index (κ3) is 49.8. The fraction of sp³-hybridized carbons (Fsp3) is 0.607. The zero-order valence-corrected chi connectivity index (χ0v) is 43.0. The minimum absolute atomic E-state index is 0.0160. The predicted octanol–water partition coefficient (Wildman–Crippen LogP) is 15.2. The molecule has 0 heterocycles. The van der Waals surface area contributed by atoms with Crippen molar-refractivity contribution in [2.24, 2.45) is 0 Å². The number of carbonyl (C=O) groups excluding carboxylic acids is 2. The summed E-state index contributed by atoms with van der Waals surface area (Å²) in [5.74, 6) is -0.856. The van der Waals surface area contributed by atoms with E-state index in [2.05, 4.69) is 135 Å². The summed E-state index contributed by atoms with van der Waals surface area (Å²) in [4.78, 5) is 35.6. The van der Waals surface area contributed by atoms with Gasteiger partial charge in [-0.15, -0.1) is 0 Å². The average molecular weight is 939 g/mol. The van der Waals surface area contributed by atoms with E-state index in [0.717, 1.165) is 128 Å². The van der Waals surface area contributed by atoms with E-state index in [1.165, 1.54) is 0 Å². The summed E-state index contributed by atoms with van der Waals surface area (Å²) in [5, 5.41) is 0. The van der Waals surface area contributed by atoms with Gasteiger partial charge >= 0.3 is 19.8 Å². The van der Waals surface area contributed by atoms with E-state index in [9.17, 15) is 19.0 Å². The van der Waals surface area contributed by atoms with Crippen LogP contribution in [0.1, 0.15) is 168 Å². The molecule has 10 heteroatoms. The topological polar surface area (TPSA) is 108 Å². The molecule has 0 spiro atoms. The van der Waals surface area contributed by atoms with Gasteiger partial charge in [0.05, 0.1) is 27.7 Å². The molecule has 1 N–H and O–H groups in total. The molecule has 0 radical (unpaired) electrons. The molecular formula is C56H93NO8P+. The highest BCUT2D eigenvalue weighted by Gasteiger charge is 2.27. The van der Waals surface area contributed by atoms with Crippen molar-refractivity contribution in [1.29, 1.82) is 0 Å². The van der Waals surface area contributed by atoms with Crippen LogP contribution in [0.2, 0.25) is 0 Å². The molecule has 0 aliphatic rings. The normalized spacial score (nSPS) is 14.5. The number of esters is 2. The van der Waals surface area contributed by atoms with Crippen LogP contribution in [0, 0.1) is 0 Å². The molecule has 66 heavy (non-hydrogen) atoms. The van der Waals surface area contributed by atoms with Crippen LogP contribution < -0.4 is 0 Å². The van der Waals surface area contributed by atoms with Crippen LogP contribution in [0.25, 0.3) is 0 Å². The second-order valence-corrected chi connectivity index (χ2v) is 18.9. The van der Waals surface area contributed by atoms with Crippen LogP contribution in [-0.2, 0) is 32.7 Å². The number of phosphoric ester groups is 1. The summed E-state index contributed by atoms with van der Waals surface area (Å²) < 4.78 is 34.4. The van der Waals surface area contributed by atoms with Crippen LogP contribution in [0.3, 0.4) is 0 Å². The zero-order valence-electron chi connectivity index (χ0n) is 42.1. The molecule has 2 atom stereocenters. The molecule has 374 valence electrons. The number of allylic oxidation sites excluding steroid dienone is 20. The quantitative estimate of drug-likeness (QED) is 0.0212. The Labute approximate surface area is 403 Å². The van der Waals surface area contributed by atoms with E-state index >= 15 is 0 Å². The standard InChI is InChI=1S/C56H92NO8P/c1-6-8-10-12-14-16-18-20-22-24-26-27-28-29-31-33-35-37-39-41-43-45-47-49-56(59)65-54(53-64-66(60,61)63-51-50-57(3,4)5)52-62-55(58)48-46-44-42-40-38-36-34-32-30-25-23-21-19-17-15-13-11-9-7-2/h8-11,14-17,20-23,26-27,29-32,35,37,54H,6-7,12-13,18-19,24-25,28,33-34,36,38-53H2,1-5H3/p+1/b10-8-,11-9-,16-14-,17-15-,22-20-,23-21-,27-26-,31-29-,32-30-,37-35-. The van der Waals surface area contributed by atoms with Crippen molar-refractivity contribution in [3.8, 4) is 0 Å². The van der Waals surface area contributed by atoms with Crippen molar-refractivity contribution in [1.82, 2.24) is 0 Å². The lowest BCUT2D eigenvalue weighted by Gasteiger charge is -2.24. The van der Waals surface area contributed by atoms with Crippen molar-refractivity contribution >= 4 is 19.8 Å². The van der Waals surface area contributed by atoms with E-state index < -0.39 is 32.5 Å². The van der Waals surface area contributed by atoms with Crippen molar-refractivity contribution in [2.75, 3.05) is 47.5 Å². The number of ether oxygens (including phenoxy) is 2. The number of rotatable bonds is 44. The van der Waals surface area contributed by atoms with Crippen LogP contribution in [0.15, 0.2) is 122 Å². The van der Waals surface area contributed by atoms with Crippen LogP contribution in [0.4, 0.5) is 0 Å². The molecule has 0 saturated carbocycles. The molecule has 0 aromatic heterocycles. The largest absolute Gasteiger partial charge is 0.472 e. The third-order valence-corrected chi connectivity index (χ3v) is 11.0. The maximum atomic E-state index is 12.8. The Balaban J connectivity index is 4.39. The lowest BCUT2D eigenvalue weighted by Crippen LogP contribution is -2.37. The Morgan fingerprint density at radius 3 is 1.21 bits per heavy atom. The lowest BCUT2D eigenvalue weighted by molar-refractivity contribution is -0.870. The van der Waals surface area contributed by atoms with Gasteiger partial charge in [0.15, 0.2) is 6.10 Å². The first-order chi connectivity index (χ1) is 32.0. The summed E-state index contributed by atoms with van der Waals surface area (Å²) in [6, 6.07) is 0. The van der Waals surface area contributed by atoms with Crippen LogP contribution >= 0.6 is 7.82 Å². The Morgan fingerprint density at radius 1 is 0.470 bits per heavy atom. The number of carbonyl (C=O) groups is 2. The summed E-state index contributed by atoms with van der Waals surface area (Å²) in [6.07, 6.45) is 65.3. The fourth-order valence-electron chi connectivity index (χ4n) is 6.12. The van der Waals surface area contributed by atoms with E-state index in [-0.39, 0.29) is 26.1 Å². The summed E-state index contributed by atoms with van der Waals surface area (Å²) in [7, 11) is 1.43. The number of nitrogens with zero attached hydrogens (tertiary/aromatic N) is 1. The van der Waals surface area contributed by atoms with Gasteiger partial charge in [0.1, 0.15) is 19.8 Å². The van der Waals surface area contributed by atoms with Gasteiger partial charge in [-0.2, -0.15) is 0 Å². The van der Waals surface area contributed by atoms with Crippen molar-refractivity contribution < 1.29 is 42.1 Å². The monoisotopic (exact) mass is 939 g/mol. The van der Waals surface area contributed by atoms with E-state index in [4.69, 9.17) is 18.5 Å². The highest BCUT2D eigenvalue weighted by Crippen LogP contribution is 2.43. The van der Waals surface area contributed by atoms with Gasteiger partial charge in [-0.3, -0.25) is 18.6 Å². The average Bonchev–Trinajstić information content (AvgIpc) is 3.27. The minimum Gasteiger partial charge on any atom is -0.462 e. The predicted molar refractivity (Wildman–Crippen MR) is 279 cm³/mol. The summed E-state index contributed by atoms with van der Waals surface area (Å²) >= 11 is 0. The lowest BCUT2D eigenvalue weighted by atomic mass is 10.1. The Kier molecular flexibility index (Phi) is 44.0. The minimum atomic E-state index is -4.40. The Bertz CT molecular complexity index is 1530. The molecule has 0 aromatic carbocycles. The Morgan fingerprint density at radius 2 is 0.818 bits per heavy atom. The van der Waals surface area contributed by atoms with Crippen molar-refractivity contribution in [3.05, 3.63) is 122 Å². The molecule has 0 amide bonds. The molecule has 0 aromatic rings. The van der Waals surface area contributed by atoms with E-state index in [1.807, 2.05) is 21.1 Å². The van der Waals surface area contributed by atoms with Gasteiger partial charge in [0.2, 0.25) is 0 Å². The maximum Gasteiger partial charge on any atom is 0.472 e. The third-order valence-electron chi connectivity index (χ3n) is 9.99. The van der Waals surface area contributed by atoms with Gasteiger partial charge < -0.3 is 18.9 Å². The van der Waals surface area contributed by atoms with Crippen molar-refractivity contribution in [2.45, 2.75) is 174 Å². The number of hydrogen-bond acceptors (Lipinski definition) is 7. The number of hydrogen-bond donors (Lipinski definition) is 1. The maximum absolute atomic E-state index is 12.8. The number of quaternary nitrogens is 1. The second kappa shape index (κ2) is 46.5. The molecule has 0 rings (SSSR count). The smallest absolute Gasteiger partial charge is 0.462 e. The number of likely N-dealkylation sites (N-methyl/N-ethyl adjacent to an activating group) is 1. The summed E-state index contributed by atoms with van der Waals surface area (Å²) in [6.45, 7) is 4.13. The van der Waals surface area contributed by atoms with Gasteiger partial charge in [0, 0.05) is 12.8 Å². The first-order valence-corrected chi connectivity index (χ1v) is 26.8. The zero-order chi connectivity index (χ0) is 48.5. The van der Waals surface area contributed by atoms with Crippen LogP contribution in [0.5, 0.6) is 0 Å². The molecule has 9 nitrogen and oxygen atoms in total. The number of phosphoric acid groups is 1. The number of unbranched alkanes of at least 4 members (excludes halogenated alkanes) is 10. The van der Waals surface area contributed by atoms with Crippen molar-refractivity contribution in [3.63, 3.8) is 0 Å². The molecule has 2 unspecified atom stereocenters. The van der Waals surface area contributed by atoms with Crippen LogP contribution in [-0.4, -0.2) is 74.9 Å². The second-order valence-electron chi connectivity index (χ2n) is 17.4. The van der Waals surface area contributed by atoms with Gasteiger partial charge in [0.25, 0.3) is 0 Å². The molecular weight excluding hydrogens is 846 g/mol. The molecule has 0 bridgehead atoms. The molecule has 0 aliphatic heterocycles. The first-order valence-electron chi connectivity index (χ1n) is 25.3. The fourth-order valence-corrected chi connectivity index (χ4v) is 6.87. The molecule has 0 saturated heterocycles. The SMILES string of the molecule is CC/C=C\C/C=C\C/C=C\C/C=C\C/C=C\C/C=C\CCCCCCC(=O)OC(COC(=O)CCCCCCCC/C=C\C/C=C\C/C=C\C/C=C\CC)COP(=O)(O)OCC[N+](C)(C)C. The van der Waals surface area contributed by atoms with E-state index in [1.54, 1.807) is 0 Å². The van der Waals surface area contributed by atoms with Gasteiger partial charge in [-0.25, -0.2) is 4.57 Å². The highest BCUT2D eigenvalue weighted by molar-refractivity contribution is 7.47.